The summed E-state index contributed by atoms with van der Waals surface area (Å²) in [5.74, 6) is 0. The largest absolute Gasteiger partial charge is 0.329 e. The SMILES string of the molecule is CCOP1(=O)CCNCC1.Cl. The molecular formula is C6H15ClNO2P. The van der Waals surface area contributed by atoms with Crippen LogP contribution in [0, 0.1) is 0 Å². The van der Waals surface area contributed by atoms with Gasteiger partial charge in [0.1, 0.15) is 0 Å². The molecule has 1 aliphatic rings. The van der Waals surface area contributed by atoms with Crippen molar-refractivity contribution in [1.82, 2.24) is 5.32 Å². The lowest BCUT2D eigenvalue weighted by atomic mass is 10.6. The molecule has 1 saturated heterocycles. The quantitative estimate of drug-likeness (QED) is 0.682. The summed E-state index contributed by atoms with van der Waals surface area (Å²) in [5.41, 5.74) is 0. The van der Waals surface area contributed by atoms with Crippen molar-refractivity contribution in [1.29, 1.82) is 0 Å². The standard InChI is InChI=1S/C6H14NO2P.ClH/c1-2-9-10(8)5-3-7-4-6-10;/h7H,2-6H2,1H3;1H. The van der Waals surface area contributed by atoms with E-state index in [2.05, 4.69) is 5.32 Å². The van der Waals surface area contributed by atoms with Gasteiger partial charge in [-0.3, -0.25) is 4.57 Å². The van der Waals surface area contributed by atoms with Gasteiger partial charge in [-0.05, 0) is 6.92 Å². The van der Waals surface area contributed by atoms with Crippen LogP contribution in [0.4, 0.5) is 0 Å². The first kappa shape index (κ1) is 11.4. The molecule has 1 aliphatic heterocycles. The first-order valence-corrected chi connectivity index (χ1v) is 5.70. The summed E-state index contributed by atoms with van der Waals surface area (Å²) in [4.78, 5) is 0. The molecule has 0 spiro atoms. The Labute approximate surface area is 73.8 Å². The molecule has 5 heteroatoms. The lowest BCUT2D eigenvalue weighted by Crippen LogP contribution is -2.29. The van der Waals surface area contributed by atoms with Gasteiger partial charge < -0.3 is 9.84 Å². The smallest absolute Gasteiger partial charge is 0.205 e. The maximum Gasteiger partial charge on any atom is 0.205 e. The third-order valence-electron chi connectivity index (χ3n) is 1.62. The summed E-state index contributed by atoms with van der Waals surface area (Å²) in [7, 11) is -2.18. The highest BCUT2D eigenvalue weighted by Crippen LogP contribution is 2.46. The second-order valence-electron chi connectivity index (χ2n) is 2.43. The Balaban J connectivity index is 0.000001000. The van der Waals surface area contributed by atoms with E-state index in [0.29, 0.717) is 18.9 Å². The van der Waals surface area contributed by atoms with Crippen LogP contribution in [0.1, 0.15) is 6.92 Å². The molecule has 0 bridgehead atoms. The number of nitrogens with one attached hydrogen (secondary N) is 1. The fourth-order valence-electron chi connectivity index (χ4n) is 1.10. The van der Waals surface area contributed by atoms with Gasteiger partial charge in [0.2, 0.25) is 7.37 Å². The van der Waals surface area contributed by atoms with Gasteiger partial charge >= 0.3 is 0 Å². The van der Waals surface area contributed by atoms with Crippen LogP contribution in [-0.4, -0.2) is 32.0 Å². The van der Waals surface area contributed by atoms with Crippen molar-refractivity contribution < 1.29 is 9.09 Å². The van der Waals surface area contributed by atoms with Crippen molar-refractivity contribution in [3.05, 3.63) is 0 Å². The molecule has 0 unspecified atom stereocenters. The molecule has 0 amide bonds. The third kappa shape index (κ3) is 3.57. The zero-order chi connectivity index (χ0) is 7.45. The summed E-state index contributed by atoms with van der Waals surface area (Å²) in [5, 5.41) is 3.15. The first-order valence-electron chi connectivity index (χ1n) is 3.70. The van der Waals surface area contributed by atoms with Gasteiger partial charge in [-0.15, -0.1) is 12.4 Å². The predicted octanol–water partition coefficient (Wildman–Crippen LogP) is 1.33. The molecule has 0 atom stereocenters. The van der Waals surface area contributed by atoms with Gasteiger partial charge in [0.25, 0.3) is 0 Å². The van der Waals surface area contributed by atoms with E-state index in [9.17, 15) is 4.57 Å². The van der Waals surface area contributed by atoms with Crippen molar-refractivity contribution in [3.8, 4) is 0 Å². The Morgan fingerprint density at radius 3 is 2.45 bits per heavy atom. The lowest BCUT2D eigenvalue weighted by Gasteiger charge is -2.22. The van der Waals surface area contributed by atoms with Crippen LogP contribution < -0.4 is 5.32 Å². The van der Waals surface area contributed by atoms with Crippen molar-refractivity contribution in [3.63, 3.8) is 0 Å². The Hall–Kier alpha value is 0.440. The highest BCUT2D eigenvalue weighted by Gasteiger charge is 2.24. The molecule has 0 aromatic heterocycles. The molecular weight excluding hydrogens is 184 g/mol. The minimum atomic E-state index is -2.18. The molecule has 0 saturated carbocycles. The molecule has 1 rings (SSSR count). The molecule has 1 fully saturated rings. The maximum atomic E-state index is 11.6. The second-order valence-corrected chi connectivity index (χ2v) is 5.21. The van der Waals surface area contributed by atoms with Gasteiger partial charge in [0.15, 0.2) is 0 Å². The number of hydrogen-bond acceptors (Lipinski definition) is 3. The van der Waals surface area contributed by atoms with Crippen molar-refractivity contribution in [2.45, 2.75) is 6.92 Å². The van der Waals surface area contributed by atoms with Crippen LogP contribution in [0.2, 0.25) is 0 Å². The zero-order valence-corrected chi connectivity index (χ0v) is 8.42. The monoisotopic (exact) mass is 199 g/mol. The van der Waals surface area contributed by atoms with Crippen molar-refractivity contribution in [2.75, 3.05) is 32.0 Å². The Morgan fingerprint density at radius 1 is 1.45 bits per heavy atom. The summed E-state index contributed by atoms with van der Waals surface area (Å²) >= 11 is 0. The van der Waals surface area contributed by atoms with Crippen molar-refractivity contribution in [2.24, 2.45) is 0 Å². The van der Waals surface area contributed by atoms with E-state index in [0.717, 1.165) is 13.1 Å². The minimum absolute atomic E-state index is 0. The van der Waals surface area contributed by atoms with Crippen LogP contribution in [0.3, 0.4) is 0 Å². The first-order chi connectivity index (χ1) is 4.77. The molecule has 0 aromatic carbocycles. The second kappa shape index (κ2) is 5.15. The lowest BCUT2D eigenvalue weighted by molar-refractivity contribution is 0.328. The van der Waals surface area contributed by atoms with E-state index in [1.54, 1.807) is 0 Å². The average Bonchev–Trinajstić information content (AvgIpc) is 1.89. The molecule has 3 nitrogen and oxygen atoms in total. The Kier molecular flexibility index (Phi) is 5.36. The van der Waals surface area contributed by atoms with Crippen molar-refractivity contribution >= 4 is 19.8 Å². The minimum Gasteiger partial charge on any atom is -0.329 e. The Morgan fingerprint density at radius 2 is 2.00 bits per heavy atom. The third-order valence-corrected chi connectivity index (χ3v) is 4.16. The number of halogens is 1. The van der Waals surface area contributed by atoms with Crippen LogP contribution in [0.5, 0.6) is 0 Å². The topological polar surface area (TPSA) is 38.3 Å². The van der Waals surface area contributed by atoms with Gasteiger partial charge in [-0.1, -0.05) is 0 Å². The molecule has 68 valence electrons. The molecule has 0 radical (unpaired) electrons. The van der Waals surface area contributed by atoms with E-state index >= 15 is 0 Å². The van der Waals surface area contributed by atoms with Gasteiger partial charge in [0, 0.05) is 25.4 Å². The van der Waals surface area contributed by atoms with Gasteiger partial charge in [-0.2, -0.15) is 0 Å². The molecule has 1 N–H and O–H groups in total. The van der Waals surface area contributed by atoms with Gasteiger partial charge in [0.05, 0.1) is 6.61 Å². The van der Waals surface area contributed by atoms with E-state index in [1.807, 2.05) is 6.92 Å². The molecule has 1 heterocycles. The van der Waals surface area contributed by atoms with E-state index in [4.69, 9.17) is 4.52 Å². The zero-order valence-electron chi connectivity index (χ0n) is 6.71. The normalized spacial score (nSPS) is 22.3. The summed E-state index contributed by atoms with van der Waals surface area (Å²) in [6.07, 6.45) is 1.42. The van der Waals surface area contributed by atoms with E-state index in [-0.39, 0.29) is 12.4 Å². The average molecular weight is 200 g/mol. The van der Waals surface area contributed by atoms with E-state index < -0.39 is 7.37 Å². The Bertz CT molecular complexity index is 135. The van der Waals surface area contributed by atoms with E-state index in [1.165, 1.54) is 0 Å². The number of hydrogen-bond donors (Lipinski definition) is 1. The fourth-order valence-corrected chi connectivity index (χ4v) is 3.05. The molecule has 11 heavy (non-hydrogen) atoms. The van der Waals surface area contributed by atoms with Crippen LogP contribution >= 0.6 is 19.8 Å². The summed E-state index contributed by atoms with van der Waals surface area (Å²) in [6.45, 7) is 4.16. The van der Waals surface area contributed by atoms with Gasteiger partial charge in [-0.25, -0.2) is 0 Å². The van der Waals surface area contributed by atoms with Crippen LogP contribution in [0.25, 0.3) is 0 Å². The fraction of sp³-hybridized carbons (Fsp3) is 1.00. The highest BCUT2D eigenvalue weighted by atomic mass is 35.5. The molecule has 0 aliphatic carbocycles. The predicted molar refractivity (Wildman–Crippen MR) is 49.1 cm³/mol. The molecule has 0 aromatic rings. The maximum absolute atomic E-state index is 11.6. The summed E-state index contributed by atoms with van der Waals surface area (Å²) in [6, 6.07) is 0. The highest BCUT2D eigenvalue weighted by molar-refractivity contribution is 7.59. The van der Waals surface area contributed by atoms with Crippen LogP contribution in [-0.2, 0) is 9.09 Å². The summed E-state index contributed by atoms with van der Waals surface area (Å²) < 4.78 is 16.8. The number of rotatable bonds is 2. The van der Waals surface area contributed by atoms with Crippen LogP contribution in [0.15, 0.2) is 0 Å².